The molecular weight excluding hydrogens is 691 g/mol. The number of hydrogen-bond acceptors (Lipinski definition) is 7. The van der Waals surface area contributed by atoms with Crippen LogP contribution in [-0.4, -0.2) is 52.3 Å². The van der Waals surface area contributed by atoms with Crippen LogP contribution in [0.1, 0.15) is 136 Å². The second-order valence-electron chi connectivity index (χ2n) is 12.7. The molecule has 0 aromatic carbocycles. The first kappa shape index (κ1) is 49.9. The van der Waals surface area contributed by atoms with Crippen molar-refractivity contribution in [3.05, 3.63) is 97.2 Å². The van der Waals surface area contributed by atoms with E-state index in [-0.39, 0.29) is 25.6 Å². The van der Waals surface area contributed by atoms with E-state index in [0.717, 1.165) is 38.5 Å². The van der Waals surface area contributed by atoms with Gasteiger partial charge in [-0.1, -0.05) is 143 Å². The molecule has 0 aliphatic carbocycles. The molecule has 53 heavy (non-hydrogen) atoms. The zero-order chi connectivity index (χ0) is 39.1. The number of carbonyl (C=O) groups excluding carboxylic acids is 2. The average molecular weight is 761 g/mol. The van der Waals surface area contributed by atoms with Crippen molar-refractivity contribution in [3.8, 4) is 0 Å². The lowest BCUT2D eigenvalue weighted by Gasteiger charge is -2.18. The molecule has 0 rings (SSSR count). The van der Waals surface area contributed by atoms with E-state index in [0.29, 0.717) is 32.1 Å². The number of unbranched alkanes of at least 4 members (excludes halogenated alkanes) is 8. The monoisotopic (exact) mass is 760 g/mol. The fourth-order valence-electron chi connectivity index (χ4n) is 4.67. The van der Waals surface area contributed by atoms with Crippen LogP contribution in [0.3, 0.4) is 0 Å². The Labute approximate surface area is 320 Å². The van der Waals surface area contributed by atoms with E-state index >= 15 is 0 Å². The normalized spacial score (nSPS) is 14.1. The van der Waals surface area contributed by atoms with Crippen molar-refractivity contribution in [1.82, 2.24) is 0 Å². The van der Waals surface area contributed by atoms with Crippen molar-refractivity contribution >= 4 is 19.8 Å². The number of phosphoric acid groups is 1. The number of allylic oxidation sites excluding steroid dienone is 15. The maximum absolute atomic E-state index is 12.4. The third-order valence-electron chi connectivity index (χ3n) is 7.74. The Bertz CT molecular complexity index is 1190. The van der Waals surface area contributed by atoms with Crippen LogP contribution in [0.4, 0.5) is 0 Å². The van der Waals surface area contributed by atoms with Gasteiger partial charge >= 0.3 is 19.8 Å². The lowest BCUT2D eigenvalue weighted by molar-refractivity contribution is -0.161. The van der Waals surface area contributed by atoms with Crippen molar-refractivity contribution in [2.45, 2.75) is 148 Å². The molecule has 0 bridgehead atoms. The molecule has 9 nitrogen and oxygen atoms in total. The molecule has 0 heterocycles. The van der Waals surface area contributed by atoms with Gasteiger partial charge in [-0.25, -0.2) is 4.57 Å². The number of rotatable bonds is 34. The largest absolute Gasteiger partial charge is 0.469 e. The van der Waals surface area contributed by atoms with Crippen LogP contribution < -0.4 is 0 Å². The van der Waals surface area contributed by atoms with Gasteiger partial charge in [0.15, 0.2) is 6.10 Å². The van der Waals surface area contributed by atoms with Crippen molar-refractivity contribution in [2.75, 3.05) is 13.2 Å². The van der Waals surface area contributed by atoms with E-state index in [4.69, 9.17) is 19.3 Å². The molecule has 0 aliphatic heterocycles. The summed E-state index contributed by atoms with van der Waals surface area (Å²) in [6.07, 6.45) is 48.0. The van der Waals surface area contributed by atoms with Crippen LogP contribution in [-0.2, 0) is 28.2 Å². The fourth-order valence-corrected chi connectivity index (χ4v) is 5.03. The number of esters is 2. The number of ether oxygens (including phenoxy) is 2. The summed E-state index contributed by atoms with van der Waals surface area (Å²) in [5.41, 5.74) is 0. The van der Waals surface area contributed by atoms with Crippen LogP contribution in [0.2, 0.25) is 0 Å². The topological polar surface area (TPSA) is 140 Å². The summed E-state index contributed by atoms with van der Waals surface area (Å²) in [6, 6.07) is 0. The van der Waals surface area contributed by atoms with Gasteiger partial charge < -0.3 is 24.4 Å². The third kappa shape index (κ3) is 40.0. The van der Waals surface area contributed by atoms with Crippen molar-refractivity contribution < 1.29 is 43.0 Å². The Morgan fingerprint density at radius 2 is 1.06 bits per heavy atom. The van der Waals surface area contributed by atoms with Crippen molar-refractivity contribution in [1.29, 1.82) is 0 Å². The molecule has 0 amide bonds. The van der Waals surface area contributed by atoms with E-state index in [1.165, 1.54) is 38.5 Å². The molecule has 0 saturated carbocycles. The minimum atomic E-state index is -4.79. The minimum Gasteiger partial charge on any atom is -0.462 e. The molecule has 10 heteroatoms. The first-order valence-electron chi connectivity index (χ1n) is 19.6. The molecule has 0 spiro atoms. The highest BCUT2D eigenvalue weighted by atomic mass is 31.2. The van der Waals surface area contributed by atoms with Crippen LogP contribution in [0.25, 0.3) is 0 Å². The molecule has 0 unspecified atom stereocenters. The molecule has 300 valence electrons. The summed E-state index contributed by atoms with van der Waals surface area (Å²) in [7, 11) is -4.79. The van der Waals surface area contributed by atoms with Gasteiger partial charge in [0.25, 0.3) is 0 Å². The second kappa shape index (κ2) is 37.3. The predicted molar refractivity (Wildman–Crippen MR) is 217 cm³/mol. The Balaban J connectivity index is 4.19. The quantitative estimate of drug-likeness (QED) is 0.0192. The Morgan fingerprint density at radius 1 is 0.585 bits per heavy atom. The molecule has 0 saturated heterocycles. The summed E-state index contributed by atoms with van der Waals surface area (Å²) < 4.78 is 26.2. The molecule has 0 fully saturated rings. The maximum atomic E-state index is 12.4. The van der Waals surface area contributed by atoms with Gasteiger partial charge in [0, 0.05) is 12.8 Å². The van der Waals surface area contributed by atoms with E-state index in [1.54, 1.807) is 6.08 Å². The summed E-state index contributed by atoms with van der Waals surface area (Å²) in [5, 5.41) is 9.45. The molecule has 0 radical (unpaired) electrons. The Hall–Kier alpha value is -3.07. The summed E-state index contributed by atoms with van der Waals surface area (Å²) in [6.45, 7) is 3.23. The van der Waals surface area contributed by atoms with Crippen LogP contribution >= 0.6 is 7.82 Å². The molecule has 2 atom stereocenters. The third-order valence-corrected chi connectivity index (χ3v) is 8.23. The zero-order valence-corrected chi connectivity index (χ0v) is 33.4. The van der Waals surface area contributed by atoms with Crippen LogP contribution in [0.15, 0.2) is 97.2 Å². The van der Waals surface area contributed by atoms with E-state index in [1.807, 2.05) is 43.4 Å². The highest BCUT2D eigenvalue weighted by Crippen LogP contribution is 2.35. The predicted octanol–water partition coefficient (Wildman–Crippen LogP) is 10.8. The van der Waals surface area contributed by atoms with Gasteiger partial charge in [0.2, 0.25) is 0 Å². The number of hydrogen-bond donors (Lipinski definition) is 3. The van der Waals surface area contributed by atoms with E-state index in [9.17, 15) is 19.3 Å². The molecule has 0 aromatic rings. The lowest BCUT2D eigenvalue weighted by Crippen LogP contribution is -2.29. The smallest absolute Gasteiger partial charge is 0.462 e. The lowest BCUT2D eigenvalue weighted by atomic mass is 10.1. The van der Waals surface area contributed by atoms with E-state index in [2.05, 4.69) is 66.1 Å². The molecular formula is C43H69O9P. The number of phosphoric ester groups is 1. The SMILES string of the molecule is CCCCCCCC/C=C\C/C=C\C/C=C\CCCC(=O)OC[C@H](COP(=O)(O)O)OC(=O)CCC/C=C\C/C=C\C/C=C\C/C=C\C=C\[C@H](O)CC. The molecule has 0 aromatic heterocycles. The summed E-state index contributed by atoms with van der Waals surface area (Å²) in [5.74, 6) is -1.04. The van der Waals surface area contributed by atoms with Gasteiger partial charge in [-0.05, 0) is 77.0 Å². The molecule has 0 aliphatic rings. The highest BCUT2D eigenvalue weighted by Gasteiger charge is 2.22. The second-order valence-corrected chi connectivity index (χ2v) is 14.0. The van der Waals surface area contributed by atoms with Gasteiger partial charge in [-0.3, -0.25) is 14.1 Å². The number of aliphatic hydroxyl groups is 1. The first-order valence-corrected chi connectivity index (χ1v) is 21.2. The first-order chi connectivity index (χ1) is 25.7. The van der Waals surface area contributed by atoms with E-state index < -0.39 is 32.5 Å². The van der Waals surface area contributed by atoms with Gasteiger partial charge in [0.1, 0.15) is 6.61 Å². The number of carbonyl (C=O) groups is 2. The molecule has 3 N–H and O–H groups in total. The van der Waals surface area contributed by atoms with Crippen molar-refractivity contribution in [3.63, 3.8) is 0 Å². The van der Waals surface area contributed by atoms with Gasteiger partial charge in [-0.15, -0.1) is 0 Å². The van der Waals surface area contributed by atoms with Gasteiger partial charge in [-0.2, -0.15) is 0 Å². The van der Waals surface area contributed by atoms with Crippen molar-refractivity contribution in [2.24, 2.45) is 0 Å². The summed E-state index contributed by atoms with van der Waals surface area (Å²) in [4.78, 5) is 42.7. The average Bonchev–Trinajstić information content (AvgIpc) is 3.13. The maximum Gasteiger partial charge on any atom is 0.469 e. The summed E-state index contributed by atoms with van der Waals surface area (Å²) >= 11 is 0. The minimum absolute atomic E-state index is 0.103. The van der Waals surface area contributed by atoms with Gasteiger partial charge in [0.05, 0.1) is 12.7 Å². The highest BCUT2D eigenvalue weighted by molar-refractivity contribution is 7.46. The number of aliphatic hydroxyl groups excluding tert-OH is 1. The Kier molecular flexibility index (Phi) is 35.1. The zero-order valence-electron chi connectivity index (χ0n) is 32.5. The van der Waals surface area contributed by atoms with Crippen LogP contribution in [0.5, 0.6) is 0 Å². The standard InChI is InChI=1S/C43H69O9P/c1-3-5-6-7-8-9-10-11-12-13-14-18-21-24-27-30-33-36-42(45)50-38-41(39-51-53(47,48)49)52-43(46)37-34-31-28-25-22-19-16-15-17-20-23-26-29-32-35-40(44)4-2/h11-12,14,16-20,24-29,32,35,40-41,44H,3-10,13,15,21-23,30-31,33-34,36-39H2,1-2H3,(H2,47,48,49)/b12-11-,18-14-,19-16-,20-17-,27-24-,28-25-,29-26-,35-32+/t40-,41-/m1/s1. The van der Waals surface area contributed by atoms with Crippen LogP contribution in [0, 0.1) is 0 Å². The Morgan fingerprint density at radius 3 is 1.58 bits per heavy atom. The fraction of sp³-hybridized carbons (Fsp3) is 0.581.